The Morgan fingerprint density at radius 2 is 2.04 bits per heavy atom. The minimum atomic E-state index is -2.82. The average molecular weight is 377 g/mol. The fraction of sp³-hybridized carbons (Fsp3) is 0.235. The Labute approximate surface area is 153 Å². The molecule has 0 unspecified atom stereocenters. The van der Waals surface area contributed by atoms with Gasteiger partial charge in [0.1, 0.15) is 22.8 Å². The number of halogens is 2. The molecular weight excluding hydrogens is 360 g/mol. The van der Waals surface area contributed by atoms with Gasteiger partial charge in [-0.1, -0.05) is 0 Å². The molecule has 0 aliphatic rings. The molecule has 8 nitrogen and oxygen atoms in total. The zero-order valence-corrected chi connectivity index (χ0v) is 14.8. The number of aliphatic imine (C=N–C) groups is 1. The van der Waals surface area contributed by atoms with E-state index in [1.54, 1.807) is 7.05 Å². The summed E-state index contributed by atoms with van der Waals surface area (Å²) in [5.74, 6) is -0.659. The molecule has 2 rings (SSSR count). The van der Waals surface area contributed by atoms with Gasteiger partial charge in [-0.05, 0) is 12.1 Å². The maximum atomic E-state index is 13.1. The van der Waals surface area contributed by atoms with Crippen LogP contribution in [-0.2, 0) is 4.74 Å². The van der Waals surface area contributed by atoms with Crippen LogP contribution in [0.25, 0.3) is 17.0 Å². The number of nitrogens with zero attached hydrogens (tertiary/aromatic N) is 4. The van der Waals surface area contributed by atoms with E-state index in [4.69, 9.17) is 15.2 Å². The highest BCUT2D eigenvalue weighted by Gasteiger charge is 2.23. The number of alkyl halides is 2. The number of ether oxygens (including phenoxy) is 2. The first kappa shape index (κ1) is 19.9. The highest BCUT2D eigenvalue weighted by molar-refractivity contribution is 5.95. The number of allylic oxidation sites excluding steroid dienone is 1. The number of rotatable bonds is 6. The van der Waals surface area contributed by atoms with Gasteiger partial charge in [-0.15, -0.1) is 0 Å². The average Bonchev–Trinajstić information content (AvgIpc) is 2.70. The Balaban J connectivity index is 2.75. The Kier molecular flexibility index (Phi) is 6.47. The Hall–Kier alpha value is -3.43. The number of carbonyl (C=O) groups is 1. The molecule has 2 aromatic heterocycles. The summed E-state index contributed by atoms with van der Waals surface area (Å²) in [5.41, 5.74) is 5.76. The van der Waals surface area contributed by atoms with Crippen LogP contribution in [0.3, 0.4) is 0 Å². The lowest BCUT2D eigenvalue weighted by Gasteiger charge is -2.13. The smallest absolute Gasteiger partial charge is 0.358 e. The number of pyridine rings is 1. The molecule has 0 aliphatic carbocycles. The van der Waals surface area contributed by atoms with Crippen LogP contribution < -0.4 is 10.5 Å². The van der Waals surface area contributed by atoms with Crippen molar-refractivity contribution in [2.75, 3.05) is 21.3 Å². The second-order valence-electron chi connectivity index (χ2n) is 5.08. The van der Waals surface area contributed by atoms with Crippen LogP contribution in [0.4, 0.5) is 8.78 Å². The largest absolute Gasteiger partial charge is 0.494 e. The van der Waals surface area contributed by atoms with Crippen LogP contribution in [-0.4, -0.2) is 48.4 Å². The third kappa shape index (κ3) is 4.40. The van der Waals surface area contributed by atoms with Crippen LogP contribution in [0.5, 0.6) is 5.75 Å². The van der Waals surface area contributed by atoms with E-state index in [1.807, 2.05) is 0 Å². The summed E-state index contributed by atoms with van der Waals surface area (Å²) < 4.78 is 36.1. The maximum Gasteiger partial charge on any atom is 0.358 e. The highest BCUT2D eigenvalue weighted by Crippen LogP contribution is 2.33. The number of aromatic nitrogens is 3. The van der Waals surface area contributed by atoms with Gasteiger partial charge in [0.2, 0.25) is 0 Å². The predicted molar refractivity (Wildman–Crippen MR) is 94.7 cm³/mol. The number of hydrogen-bond acceptors (Lipinski definition) is 8. The predicted octanol–water partition coefficient (Wildman–Crippen LogP) is 2.27. The minimum absolute atomic E-state index is 0.0229. The van der Waals surface area contributed by atoms with Crippen molar-refractivity contribution in [2.24, 2.45) is 10.7 Å². The minimum Gasteiger partial charge on any atom is -0.494 e. The van der Waals surface area contributed by atoms with E-state index in [1.165, 1.54) is 32.7 Å². The standard InChI is InChI=1S/C17H17F2N5O3/c1-21-5-4-10(20)12-7-23-15(17(25)27-3)14(24-12)9-6-11(16(18)19)22-8-13(9)26-2/h4-8,16H,20H2,1-3H3/b10-4-,21-5?. The molecule has 0 saturated carbocycles. The molecule has 27 heavy (non-hydrogen) atoms. The third-order valence-corrected chi connectivity index (χ3v) is 3.44. The van der Waals surface area contributed by atoms with E-state index in [2.05, 4.69) is 19.9 Å². The zero-order chi connectivity index (χ0) is 20.0. The second kappa shape index (κ2) is 8.79. The van der Waals surface area contributed by atoms with Gasteiger partial charge in [0.05, 0.1) is 32.3 Å². The van der Waals surface area contributed by atoms with E-state index >= 15 is 0 Å². The SMILES string of the molecule is CN=C/C=C(\N)c1cnc(C(=O)OC)c(-c2cc(C(F)F)ncc2OC)n1. The Morgan fingerprint density at radius 3 is 2.63 bits per heavy atom. The molecule has 0 atom stereocenters. The number of hydrogen-bond donors (Lipinski definition) is 1. The fourth-order valence-electron chi connectivity index (χ4n) is 2.13. The normalized spacial score (nSPS) is 11.9. The highest BCUT2D eigenvalue weighted by atomic mass is 19.3. The van der Waals surface area contributed by atoms with Gasteiger partial charge < -0.3 is 15.2 Å². The molecule has 0 aromatic carbocycles. The molecule has 0 bridgehead atoms. The van der Waals surface area contributed by atoms with Crippen molar-refractivity contribution in [3.8, 4) is 17.0 Å². The van der Waals surface area contributed by atoms with Crippen molar-refractivity contribution in [3.05, 3.63) is 41.6 Å². The van der Waals surface area contributed by atoms with E-state index in [9.17, 15) is 13.6 Å². The van der Waals surface area contributed by atoms with Gasteiger partial charge in [0.25, 0.3) is 6.43 Å². The van der Waals surface area contributed by atoms with Gasteiger partial charge in [-0.25, -0.2) is 23.5 Å². The van der Waals surface area contributed by atoms with Crippen molar-refractivity contribution in [1.82, 2.24) is 15.0 Å². The van der Waals surface area contributed by atoms with E-state index in [-0.39, 0.29) is 34.1 Å². The Morgan fingerprint density at radius 1 is 1.30 bits per heavy atom. The van der Waals surface area contributed by atoms with Crippen molar-refractivity contribution in [2.45, 2.75) is 6.43 Å². The van der Waals surface area contributed by atoms with Gasteiger partial charge in [0.15, 0.2) is 5.69 Å². The summed E-state index contributed by atoms with van der Waals surface area (Å²) in [6.07, 6.45) is 2.51. The lowest BCUT2D eigenvalue weighted by Crippen LogP contribution is -2.12. The molecule has 0 spiro atoms. The van der Waals surface area contributed by atoms with Crippen LogP contribution in [0.15, 0.2) is 29.5 Å². The lowest BCUT2D eigenvalue weighted by molar-refractivity contribution is 0.0594. The molecule has 2 heterocycles. The molecule has 0 fully saturated rings. The van der Waals surface area contributed by atoms with Crippen LogP contribution >= 0.6 is 0 Å². The first-order valence-electron chi connectivity index (χ1n) is 7.59. The van der Waals surface area contributed by atoms with Crippen molar-refractivity contribution in [3.63, 3.8) is 0 Å². The molecule has 142 valence electrons. The van der Waals surface area contributed by atoms with E-state index in [0.29, 0.717) is 0 Å². The van der Waals surface area contributed by atoms with Gasteiger partial charge in [0, 0.05) is 18.8 Å². The first-order valence-corrected chi connectivity index (χ1v) is 7.59. The number of methoxy groups -OCH3 is 2. The lowest BCUT2D eigenvalue weighted by atomic mass is 10.1. The summed E-state index contributed by atoms with van der Waals surface area (Å²) in [7, 11) is 4.07. The summed E-state index contributed by atoms with van der Waals surface area (Å²) >= 11 is 0. The first-order chi connectivity index (χ1) is 12.9. The molecule has 2 N–H and O–H groups in total. The molecule has 0 aliphatic heterocycles. The third-order valence-electron chi connectivity index (χ3n) is 3.44. The molecule has 0 radical (unpaired) electrons. The van der Waals surface area contributed by atoms with E-state index < -0.39 is 18.1 Å². The molecule has 10 heteroatoms. The zero-order valence-electron chi connectivity index (χ0n) is 14.8. The molecule has 0 amide bonds. The molecule has 0 saturated heterocycles. The van der Waals surface area contributed by atoms with Crippen molar-refractivity contribution >= 4 is 17.9 Å². The summed E-state index contributed by atoms with van der Waals surface area (Å²) in [6, 6.07) is 1.08. The monoisotopic (exact) mass is 377 g/mol. The molecule has 2 aromatic rings. The van der Waals surface area contributed by atoms with Gasteiger partial charge in [-0.2, -0.15) is 0 Å². The number of esters is 1. The number of carbonyl (C=O) groups excluding carboxylic acids is 1. The second-order valence-corrected chi connectivity index (χ2v) is 5.08. The fourth-order valence-corrected chi connectivity index (χ4v) is 2.13. The topological polar surface area (TPSA) is 113 Å². The van der Waals surface area contributed by atoms with Crippen molar-refractivity contribution < 1.29 is 23.0 Å². The number of nitrogens with two attached hydrogens (primary N) is 1. The summed E-state index contributed by atoms with van der Waals surface area (Å²) in [5, 5.41) is 0. The van der Waals surface area contributed by atoms with Crippen LogP contribution in [0.2, 0.25) is 0 Å². The summed E-state index contributed by atoms with van der Waals surface area (Å²) in [4.78, 5) is 27.8. The van der Waals surface area contributed by atoms with Crippen LogP contribution in [0, 0.1) is 0 Å². The Bertz CT molecular complexity index is 900. The molecular formula is C17H17F2N5O3. The summed E-state index contributed by atoms with van der Waals surface area (Å²) in [6.45, 7) is 0. The van der Waals surface area contributed by atoms with Gasteiger partial charge in [-0.3, -0.25) is 9.98 Å². The maximum absolute atomic E-state index is 13.1. The van der Waals surface area contributed by atoms with Crippen LogP contribution in [0.1, 0.15) is 28.3 Å². The van der Waals surface area contributed by atoms with Gasteiger partial charge >= 0.3 is 5.97 Å². The quantitative estimate of drug-likeness (QED) is 0.607. The van der Waals surface area contributed by atoms with Crippen molar-refractivity contribution in [1.29, 1.82) is 0 Å². The van der Waals surface area contributed by atoms with E-state index in [0.717, 1.165) is 12.3 Å².